The molecular weight excluding hydrogens is 382 g/mol. The Hall–Kier alpha value is -3.43. The predicted molar refractivity (Wildman–Crippen MR) is 98.1 cm³/mol. The Balaban J connectivity index is 2.03. The van der Waals surface area contributed by atoms with Crippen molar-refractivity contribution in [2.75, 3.05) is 0 Å². The first-order chi connectivity index (χ1) is 13.5. The van der Waals surface area contributed by atoms with Gasteiger partial charge in [-0.3, -0.25) is 14.4 Å². The van der Waals surface area contributed by atoms with Gasteiger partial charge in [-0.2, -0.15) is 0 Å². The molecule has 0 heterocycles. The molecule has 9 heteroatoms. The van der Waals surface area contributed by atoms with E-state index in [2.05, 4.69) is 6.58 Å². The van der Waals surface area contributed by atoms with Crippen LogP contribution in [0.15, 0.2) is 41.7 Å². The third kappa shape index (κ3) is 2.13. The average molecular weight is 399 g/mol. The van der Waals surface area contributed by atoms with Gasteiger partial charge in [0.1, 0.15) is 22.8 Å². The first kappa shape index (κ1) is 18.9. The highest BCUT2D eigenvalue weighted by atomic mass is 16.4. The Kier molecular flexibility index (Phi) is 3.77. The highest BCUT2D eigenvalue weighted by Crippen LogP contribution is 2.54. The van der Waals surface area contributed by atoms with Crippen LogP contribution in [-0.4, -0.2) is 54.7 Å². The second-order valence-corrected chi connectivity index (χ2v) is 7.37. The van der Waals surface area contributed by atoms with Gasteiger partial charge in [-0.05, 0) is 17.2 Å². The van der Waals surface area contributed by atoms with E-state index in [1.165, 1.54) is 18.2 Å². The summed E-state index contributed by atoms with van der Waals surface area (Å²) in [6, 6.07) is 4.28. The lowest BCUT2D eigenvalue weighted by Crippen LogP contribution is -2.63. The summed E-state index contributed by atoms with van der Waals surface area (Å²) in [4.78, 5) is 37.1. The second-order valence-electron chi connectivity index (χ2n) is 7.37. The minimum atomic E-state index is -2.85. The SMILES string of the molecule is C=C1c2cccc(O)c2C(O)=C2C(=O)[C@@]3(O)C(O)=C(C(N)=O)C(=O)C[C@H]3[C@H](O)[C@@H]12. The third-order valence-corrected chi connectivity index (χ3v) is 5.98. The molecule has 0 radical (unpaired) electrons. The number of primary amides is 1. The molecule has 150 valence electrons. The number of nitrogens with two attached hydrogens (primary N) is 1. The van der Waals surface area contributed by atoms with Crippen LogP contribution in [0.5, 0.6) is 5.75 Å². The molecule has 0 bridgehead atoms. The van der Waals surface area contributed by atoms with Crippen molar-refractivity contribution in [1.82, 2.24) is 0 Å². The van der Waals surface area contributed by atoms with Crippen LogP contribution in [0.1, 0.15) is 17.5 Å². The van der Waals surface area contributed by atoms with Crippen LogP contribution in [0, 0.1) is 11.8 Å². The number of rotatable bonds is 1. The number of benzene rings is 1. The van der Waals surface area contributed by atoms with Gasteiger partial charge in [-0.15, -0.1) is 0 Å². The summed E-state index contributed by atoms with van der Waals surface area (Å²) in [6.07, 6.45) is -2.24. The maximum absolute atomic E-state index is 13.3. The quantitative estimate of drug-likeness (QED) is 0.353. The first-order valence-electron chi connectivity index (χ1n) is 8.70. The number of hydrogen-bond donors (Lipinski definition) is 6. The average Bonchev–Trinajstić information content (AvgIpc) is 2.65. The minimum absolute atomic E-state index is 0.114. The summed E-state index contributed by atoms with van der Waals surface area (Å²) >= 11 is 0. The van der Waals surface area contributed by atoms with Crippen molar-refractivity contribution < 1.29 is 39.9 Å². The van der Waals surface area contributed by atoms with Crippen molar-refractivity contribution in [3.63, 3.8) is 0 Å². The zero-order valence-corrected chi connectivity index (χ0v) is 14.9. The number of phenols is 1. The van der Waals surface area contributed by atoms with Crippen LogP contribution < -0.4 is 5.73 Å². The van der Waals surface area contributed by atoms with E-state index in [0.29, 0.717) is 0 Å². The normalized spacial score (nSPS) is 31.4. The van der Waals surface area contributed by atoms with Crippen molar-refractivity contribution in [3.8, 4) is 5.75 Å². The molecule has 0 unspecified atom stereocenters. The van der Waals surface area contributed by atoms with E-state index < -0.39 is 70.1 Å². The lowest BCUT2D eigenvalue weighted by molar-refractivity contribution is -0.157. The van der Waals surface area contributed by atoms with E-state index in [1.807, 2.05) is 0 Å². The molecule has 1 fully saturated rings. The number of Topliss-reactive ketones (excluding diaryl/α,β-unsaturated/α-hetero) is 2. The van der Waals surface area contributed by atoms with Gasteiger partial charge in [0.2, 0.25) is 5.78 Å². The molecule has 4 rings (SSSR count). The van der Waals surface area contributed by atoms with E-state index >= 15 is 0 Å². The van der Waals surface area contributed by atoms with Gasteiger partial charge in [-0.25, -0.2) is 0 Å². The molecule has 9 nitrogen and oxygen atoms in total. The van der Waals surface area contributed by atoms with E-state index in [9.17, 15) is 39.9 Å². The van der Waals surface area contributed by atoms with E-state index in [4.69, 9.17) is 5.73 Å². The number of carbonyl (C=O) groups excluding carboxylic acids is 3. The first-order valence-corrected chi connectivity index (χ1v) is 8.70. The second kappa shape index (κ2) is 5.79. The van der Waals surface area contributed by atoms with Crippen molar-refractivity contribution in [2.24, 2.45) is 17.6 Å². The molecule has 4 atom stereocenters. The summed E-state index contributed by atoms with van der Waals surface area (Å²) in [6.45, 7) is 3.86. The van der Waals surface area contributed by atoms with Crippen molar-refractivity contribution in [1.29, 1.82) is 0 Å². The zero-order chi connectivity index (χ0) is 21.4. The van der Waals surface area contributed by atoms with E-state index in [-0.39, 0.29) is 22.4 Å². The standard InChI is InChI=1S/C20H17NO8/c1-6-7-3-2-4-9(22)12(7)16(25)14-11(6)15(24)8-5-10(23)13(19(21)28)17(26)20(8,29)18(14)27/h2-4,8,11,15,22,24-26,29H,1,5H2,(H2,21,28)/t8-,11-,15-,20-/m0/s1. The number of aromatic hydroxyl groups is 1. The summed E-state index contributed by atoms with van der Waals surface area (Å²) in [5.41, 5.74) is 1.19. The number of phenolic OH excluding ortho intramolecular Hbond substituents is 1. The fraction of sp³-hybridized carbons (Fsp3) is 0.250. The molecule has 3 aliphatic rings. The van der Waals surface area contributed by atoms with Crippen LogP contribution in [0.25, 0.3) is 11.3 Å². The zero-order valence-electron chi connectivity index (χ0n) is 14.9. The van der Waals surface area contributed by atoms with Crippen LogP contribution >= 0.6 is 0 Å². The van der Waals surface area contributed by atoms with Crippen molar-refractivity contribution in [2.45, 2.75) is 18.1 Å². The van der Waals surface area contributed by atoms with Crippen molar-refractivity contribution >= 4 is 28.8 Å². The fourth-order valence-corrected chi connectivity index (χ4v) is 4.59. The molecule has 1 amide bonds. The molecule has 0 aromatic heterocycles. The van der Waals surface area contributed by atoms with Gasteiger partial charge in [-0.1, -0.05) is 18.7 Å². The minimum Gasteiger partial charge on any atom is -0.508 e. The van der Waals surface area contributed by atoms with Crippen LogP contribution in [-0.2, 0) is 14.4 Å². The highest BCUT2D eigenvalue weighted by molar-refractivity contribution is 6.23. The van der Waals surface area contributed by atoms with Gasteiger partial charge in [0.25, 0.3) is 5.91 Å². The molecule has 0 saturated heterocycles. The Labute approximate surface area is 163 Å². The highest BCUT2D eigenvalue weighted by Gasteiger charge is 2.64. The number of carbonyl (C=O) groups is 3. The van der Waals surface area contributed by atoms with Crippen LogP contribution in [0.3, 0.4) is 0 Å². The lowest BCUT2D eigenvalue weighted by Gasteiger charge is -2.49. The summed E-state index contributed by atoms with van der Waals surface area (Å²) in [5.74, 6) is -8.49. The van der Waals surface area contributed by atoms with Gasteiger partial charge >= 0.3 is 0 Å². The Morgan fingerprint density at radius 1 is 1.21 bits per heavy atom. The molecule has 1 saturated carbocycles. The Bertz CT molecular complexity index is 1100. The number of ketones is 2. The molecule has 1 aromatic rings. The molecule has 29 heavy (non-hydrogen) atoms. The number of fused-ring (bicyclic) bond motifs is 3. The van der Waals surface area contributed by atoms with Gasteiger partial charge in [0.05, 0.1) is 17.2 Å². The van der Waals surface area contributed by atoms with Gasteiger partial charge in [0.15, 0.2) is 11.4 Å². The van der Waals surface area contributed by atoms with Gasteiger partial charge in [0, 0.05) is 18.3 Å². The number of amides is 1. The summed E-state index contributed by atoms with van der Waals surface area (Å²) < 4.78 is 0. The number of aliphatic hydroxyl groups is 4. The molecule has 1 aromatic carbocycles. The molecule has 3 aliphatic carbocycles. The van der Waals surface area contributed by atoms with E-state index in [1.54, 1.807) is 0 Å². The molecule has 0 aliphatic heterocycles. The number of hydrogen-bond acceptors (Lipinski definition) is 8. The maximum Gasteiger partial charge on any atom is 0.255 e. The fourth-order valence-electron chi connectivity index (χ4n) is 4.59. The Morgan fingerprint density at radius 2 is 1.86 bits per heavy atom. The smallest absolute Gasteiger partial charge is 0.255 e. The third-order valence-electron chi connectivity index (χ3n) is 5.98. The lowest BCUT2D eigenvalue weighted by atomic mass is 9.57. The number of aliphatic hydroxyl groups excluding tert-OH is 3. The molecular formula is C20H17NO8. The predicted octanol–water partition coefficient (Wildman–Crippen LogP) is -0.135. The van der Waals surface area contributed by atoms with Crippen LogP contribution in [0.2, 0.25) is 0 Å². The maximum atomic E-state index is 13.3. The van der Waals surface area contributed by atoms with Crippen molar-refractivity contribution in [3.05, 3.63) is 52.8 Å². The Morgan fingerprint density at radius 3 is 2.48 bits per heavy atom. The summed E-state index contributed by atoms with van der Waals surface area (Å²) in [7, 11) is 0. The van der Waals surface area contributed by atoms with Gasteiger partial charge < -0.3 is 31.3 Å². The monoisotopic (exact) mass is 399 g/mol. The molecule has 7 N–H and O–H groups in total. The van der Waals surface area contributed by atoms with E-state index in [0.717, 1.165) is 0 Å². The topological polar surface area (TPSA) is 178 Å². The summed E-state index contributed by atoms with van der Waals surface area (Å²) in [5, 5.41) is 53.4. The molecule has 0 spiro atoms. The largest absolute Gasteiger partial charge is 0.508 e. The van der Waals surface area contributed by atoms with Crippen LogP contribution in [0.4, 0.5) is 0 Å².